The van der Waals surface area contributed by atoms with Crippen molar-refractivity contribution in [1.82, 2.24) is 9.55 Å². The molecule has 2 heterocycles. The summed E-state index contributed by atoms with van der Waals surface area (Å²) < 4.78 is 2.77. The lowest BCUT2D eigenvalue weighted by molar-refractivity contribution is -0.114. The number of rotatable bonds is 3. The van der Waals surface area contributed by atoms with Gasteiger partial charge in [-0.2, -0.15) is 0 Å². The fourth-order valence-electron chi connectivity index (χ4n) is 2.76. The van der Waals surface area contributed by atoms with E-state index < -0.39 is 11.7 Å². The van der Waals surface area contributed by atoms with Crippen LogP contribution in [0.5, 0.6) is 0 Å². The van der Waals surface area contributed by atoms with E-state index in [9.17, 15) is 9.59 Å². The quantitative estimate of drug-likeness (QED) is 0.803. The zero-order chi connectivity index (χ0) is 14.6. The highest BCUT2D eigenvalue weighted by molar-refractivity contribution is 9.10. The molecule has 2 aromatic rings. The smallest absolute Gasteiger partial charge is 0.299 e. The molecule has 21 heavy (non-hydrogen) atoms. The Kier molecular flexibility index (Phi) is 2.75. The summed E-state index contributed by atoms with van der Waals surface area (Å²) in [5, 5.41) is 0. The van der Waals surface area contributed by atoms with Gasteiger partial charge in [-0.05, 0) is 40.9 Å². The van der Waals surface area contributed by atoms with Crippen LogP contribution < -0.4 is 4.90 Å². The normalized spacial score (nSPS) is 17.5. The lowest BCUT2D eigenvalue weighted by Gasteiger charge is -2.17. The Hall–Kier alpha value is -1.95. The van der Waals surface area contributed by atoms with Gasteiger partial charge in [-0.15, -0.1) is 0 Å². The van der Waals surface area contributed by atoms with Gasteiger partial charge in [0.15, 0.2) is 0 Å². The van der Waals surface area contributed by atoms with Crippen molar-refractivity contribution < 1.29 is 9.59 Å². The zero-order valence-electron chi connectivity index (χ0n) is 11.1. The van der Waals surface area contributed by atoms with Crippen LogP contribution in [0.1, 0.15) is 34.9 Å². The molecule has 1 aliphatic heterocycles. The highest BCUT2D eigenvalue weighted by atomic mass is 79.9. The van der Waals surface area contributed by atoms with Gasteiger partial charge in [-0.25, -0.2) is 4.98 Å². The maximum absolute atomic E-state index is 12.3. The number of carbonyl (C=O) groups is 2. The van der Waals surface area contributed by atoms with Gasteiger partial charge < -0.3 is 4.57 Å². The van der Waals surface area contributed by atoms with Gasteiger partial charge in [0.25, 0.3) is 11.7 Å². The second kappa shape index (κ2) is 4.53. The summed E-state index contributed by atoms with van der Waals surface area (Å²) in [4.78, 5) is 30.1. The summed E-state index contributed by atoms with van der Waals surface area (Å²) in [5.74, 6) is -0.921. The molecular formula is C15H12BrN3O2. The van der Waals surface area contributed by atoms with Crippen molar-refractivity contribution in [1.29, 1.82) is 0 Å². The highest BCUT2D eigenvalue weighted by Crippen LogP contribution is 2.38. The second-order valence-corrected chi connectivity index (χ2v) is 6.23. The standard InChI is InChI=1S/C15H12BrN3O2/c16-11-2-1-3-12-13(11)14(20)15(21)18(12)7-10-6-17-8-19(10)9-4-5-9/h1-3,6,8-9H,4-5,7H2. The van der Waals surface area contributed by atoms with Crippen LogP contribution in [0.2, 0.25) is 0 Å². The summed E-state index contributed by atoms with van der Waals surface area (Å²) in [7, 11) is 0. The molecule has 0 N–H and O–H groups in total. The van der Waals surface area contributed by atoms with E-state index in [0.717, 1.165) is 18.5 Å². The number of anilines is 1. The number of imidazole rings is 1. The molecule has 0 atom stereocenters. The molecule has 106 valence electrons. The molecule has 0 unspecified atom stereocenters. The number of aromatic nitrogens is 2. The number of fused-ring (bicyclic) bond motifs is 1. The van der Waals surface area contributed by atoms with Crippen LogP contribution in [0, 0.1) is 0 Å². The largest absolute Gasteiger partial charge is 0.330 e. The number of amides is 1. The van der Waals surface area contributed by atoms with E-state index in [2.05, 4.69) is 25.5 Å². The molecule has 0 spiro atoms. The molecule has 4 rings (SSSR count). The SMILES string of the molecule is O=C1C(=O)N(Cc2cncn2C2CC2)c2cccc(Br)c21. The summed E-state index contributed by atoms with van der Waals surface area (Å²) in [6.07, 6.45) is 5.87. The van der Waals surface area contributed by atoms with E-state index in [1.807, 2.05) is 6.07 Å². The lowest BCUT2D eigenvalue weighted by atomic mass is 10.1. The number of benzene rings is 1. The highest BCUT2D eigenvalue weighted by Gasteiger charge is 2.38. The van der Waals surface area contributed by atoms with Gasteiger partial charge in [0.05, 0.1) is 29.8 Å². The van der Waals surface area contributed by atoms with Gasteiger partial charge >= 0.3 is 0 Å². The third kappa shape index (κ3) is 1.93. The molecular weight excluding hydrogens is 334 g/mol. The maximum Gasteiger partial charge on any atom is 0.299 e. The van der Waals surface area contributed by atoms with Gasteiger partial charge in [-0.3, -0.25) is 14.5 Å². The summed E-state index contributed by atoms with van der Waals surface area (Å²) >= 11 is 3.35. The molecule has 0 saturated heterocycles. The van der Waals surface area contributed by atoms with Crippen molar-refractivity contribution in [3.63, 3.8) is 0 Å². The molecule has 1 saturated carbocycles. The number of ketones is 1. The minimum Gasteiger partial charge on any atom is -0.330 e. The van der Waals surface area contributed by atoms with Gasteiger partial charge in [0, 0.05) is 16.7 Å². The third-order valence-corrected chi connectivity index (χ3v) is 4.62. The minimum absolute atomic E-state index is 0.379. The van der Waals surface area contributed by atoms with Gasteiger partial charge in [0.1, 0.15) is 0 Å². The van der Waals surface area contributed by atoms with Crippen molar-refractivity contribution in [2.24, 2.45) is 0 Å². The van der Waals surface area contributed by atoms with E-state index in [4.69, 9.17) is 0 Å². The predicted molar refractivity (Wildman–Crippen MR) is 80.2 cm³/mol. The van der Waals surface area contributed by atoms with Crippen LogP contribution in [-0.2, 0) is 11.3 Å². The topological polar surface area (TPSA) is 55.2 Å². The first-order chi connectivity index (χ1) is 10.2. The van der Waals surface area contributed by atoms with Crippen molar-refractivity contribution in [3.8, 4) is 0 Å². The fourth-order valence-corrected chi connectivity index (χ4v) is 3.29. The average Bonchev–Trinajstić information content (AvgIpc) is 3.17. The van der Waals surface area contributed by atoms with Crippen LogP contribution in [0.3, 0.4) is 0 Å². The monoisotopic (exact) mass is 345 g/mol. The van der Waals surface area contributed by atoms with Gasteiger partial charge in [0.2, 0.25) is 0 Å². The van der Waals surface area contributed by atoms with Crippen molar-refractivity contribution in [2.75, 3.05) is 4.90 Å². The molecule has 1 aliphatic carbocycles. The molecule has 1 fully saturated rings. The molecule has 1 aromatic carbocycles. The summed E-state index contributed by atoms with van der Waals surface area (Å²) in [6, 6.07) is 5.92. The number of carbonyl (C=O) groups excluding carboxylic acids is 2. The average molecular weight is 346 g/mol. The Morgan fingerprint density at radius 1 is 1.29 bits per heavy atom. The molecule has 0 bridgehead atoms. The minimum atomic E-state index is -0.472. The molecule has 5 nitrogen and oxygen atoms in total. The molecule has 1 amide bonds. The second-order valence-electron chi connectivity index (χ2n) is 5.38. The van der Waals surface area contributed by atoms with E-state index in [0.29, 0.717) is 28.3 Å². The Balaban J connectivity index is 1.73. The molecule has 1 aromatic heterocycles. The van der Waals surface area contributed by atoms with E-state index in [1.165, 1.54) is 4.90 Å². The maximum atomic E-state index is 12.3. The van der Waals surface area contributed by atoms with E-state index in [-0.39, 0.29) is 0 Å². The Labute approximate surface area is 129 Å². The van der Waals surface area contributed by atoms with E-state index >= 15 is 0 Å². The first-order valence-electron chi connectivity index (χ1n) is 6.82. The first-order valence-corrected chi connectivity index (χ1v) is 7.61. The molecule has 2 aliphatic rings. The Bertz CT molecular complexity index is 764. The Morgan fingerprint density at radius 3 is 2.86 bits per heavy atom. The number of hydrogen-bond acceptors (Lipinski definition) is 3. The fraction of sp³-hybridized carbons (Fsp3) is 0.267. The molecule has 0 radical (unpaired) electrons. The van der Waals surface area contributed by atoms with Crippen LogP contribution in [-0.4, -0.2) is 21.2 Å². The summed E-state index contributed by atoms with van der Waals surface area (Å²) in [6.45, 7) is 0.379. The number of hydrogen-bond donors (Lipinski definition) is 0. The molecule has 6 heteroatoms. The van der Waals surface area contributed by atoms with Crippen LogP contribution in [0.15, 0.2) is 35.2 Å². The first kappa shape index (κ1) is 12.8. The van der Waals surface area contributed by atoms with Crippen LogP contribution in [0.4, 0.5) is 5.69 Å². The van der Waals surface area contributed by atoms with E-state index in [1.54, 1.807) is 24.7 Å². The van der Waals surface area contributed by atoms with Crippen molar-refractivity contribution in [3.05, 3.63) is 46.5 Å². The predicted octanol–water partition coefficient (Wildman–Crippen LogP) is 2.71. The summed E-state index contributed by atoms with van der Waals surface area (Å²) in [5.41, 5.74) is 2.09. The van der Waals surface area contributed by atoms with Crippen LogP contribution in [0.25, 0.3) is 0 Å². The number of Topliss-reactive ketones (excluding diaryl/α,β-unsaturated/α-hetero) is 1. The van der Waals surface area contributed by atoms with Gasteiger partial charge in [-0.1, -0.05) is 6.07 Å². The Morgan fingerprint density at radius 2 is 2.10 bits per heavy atom. The van der Waals surface area contributed by atoms with Crippen LogP contribution >= 0.6 is 15.9 Å². The van der Waals surface area contributed by atoms with Crippen molar-refractivity contribution >= 4 is 33.3 Å². The number of nitrogens with zero attached hydrogens (tertiary/aromatic N) is 3. The lowest BCUT2D eigenvalue weighted by Crippen LogP contribution is -2.30. The third-order valence-electron chi connectivity index (χ3n) is 3.96. The zero-order valence-corrected chi connectivity index (χ0v) is 12.7. The number of halogens is 1. The van der Waals surface area contributed by atoms with Crippen molar-refractivity contribution in [2.45, 2.75) is 25.4 Å².